The number of amides is 1. The largest absolute Gasteiger partial charge is 0.496 e. The summed E-state index contributed by atoms with van der Waals surface area (Å²) < 4.78 is 54.0. The monoisotopic (exact) mass is 490 g/mol. The quantitative estimate of drug-likeness (QED) is 0.655. The van der Waals surface area contributed by atoms with Gasteiger partial charge in [-0.05, 0) is 49.8 Å². The van der Waals surface area contributed by atoms with E-state index < -0.39 is 17.7 Å². The molecule has 2 aliphatic rings. The summed E-state index contributed by atoms with van der Waals surface area (Å²) in [6.07, 6.45) is -2.77. The zero-order valence-electron chi connectivity index (χ0n) is 20.5. The van der Waals surface area contributed by atoms with Gasteiger partial charge < -0.3 is 19.7 Å². The molecule has 0 unspecified atom stereocenters. The molecule has 5 nitrogen and oxygen atoms in total. The Kier molecular flexibility index (Phi) is 7.16. The fourth-order valence-electron chi connectivity index (χ4n) is 5.92. The average Bonchev–Trinajstić information content (AvgIpc) is 2.85. The molecular formula is C27H33F3N2O3. The third-order valence-electron chi connectivity index (χ3n) is 7.88. The van der Waals surface area contributed by atoms with Crippen LogP contribution < -0.4 is 10.1 Å². The molecule has 0 bridgehead atoms. The number of hydrogen-bond donors (Lipinski definition) is 1. The number of likely N-dealkylation sites (tertiary alicyclic amines) is 1. The summed E-state index contributed by atoms with van der Waals surface area (Å²) in [5, 5.41) is 3.48. The number of nitrogens with zero attached hydrogens (tertiary/aromatic N) is 1. The number of halogens is 3. The third kappa shape index (κ3) is 4.42. The molecule has 0 radical (unpaired) electrons. The zero-order valence-corrected chi connectivity index (χ0v) is 20.5. The van der Waals surface area contributed by atoms with Crippen LogP contribution in [0.4, 0.5) is 13.2 Å². The minimum atomic E-state index is -4.90. The van der Waals surface area contributed by atoms with Gasteiger partial charge in [0.15, 0.2) is 0 Å². The van der Waals surface area contributed by atoms with Crippen molar-refractivity contribution in [3.05, 3.63) is 65.2 Å². The van der Waals surface area contributed by atoms with E-state index in [4.69, 9.17) is 9.47 Å². The van der Waals surface area contributed by atoms with Crippen LogP contribution >= 0.6 is 0 Å². The first-order valence-electron chi connectivity index (χ1n) is 12.0. The van der Waals surface area contributed by atoms with Crippen molar-refractivity contribution in [2.45, 2.75) is 43.9 Å². The highest BCUT2D eigenvalue weighted by molar-refractivity contribution is 5.88. The number of rotatable bonds is 5. The van der Waals surface area contributed by atoms with Crippen LogP contribution in [0.15, 0.2) is 48.5 Å². The summed E-state index contributed by atoms with van der Waals surface area (Å²) >= 11 is 0. The van der Waals surface area contributed by atoms with Crippen LogP contribution in [0.1, 0.15) is 41.9 Å². The highest BCUT2D eigenvalue weighted by atomic mass is 19.4. The standard InChI is InChI=1S/C27H33F3N2O3/c1-19-9-10-23(34-2)21(17-19)22-18-31-14-11-25(22)12-15-32(16-13-25)24(33)26(35-3,27(28,29)30)20-7-5-4-6-8-20/h4-10,17,22,31H,11-16,18H2,1-3H3/t22-,26+/m0/s1. The maximum Gasteiger partial charge on any atom is 0.430 e. The minimum absolute atomic E-state index is 0.121. The molecule has 2 atom stereocenters. The van der Waals surface area contributed by atoms with Gasteiger partial charge in [-0.3, -0.25) is 4.79 Å². The van der Waals surface area contributed by atoms with Gasteiger partial charge in [-0.1, -0.05) is 48.0 Å². The number of carbonyl (C=O) groups is 1. The normalized spacial score (nSPS) is 22.0. The van der Waals surface area contributed by atoms with Crippen LogP contribution in [-0.4, -0.2) is 57.4 Å². The second kappa shape index (κ2) is 9.82. The fourth-order valence-corrected chi connectivity index (χ4v) is 5.92. The van der Waals surface area contributed by atoms with Gasteiger partial charge in [-0.2, -0.15) is 13.2 Å². The van der Waals surface area contributed by atoms with E-state index in [2.05, 4.69) is 11.4 Å². The summed E-state index contributed by atoms with van der Waals surface area (Å²) in [6, 6.07) is 13.3. The van der Waals surface area contributed by atoms with Crippen molar-refractivity contribution in [3.8, 4) is 5.75 Å². The molecule has 2 fully saturated rings. The highest BCUT2D eigenvalue weighted by Gasteiger charge is 2.64. The van der Waals surface area contributed by atoms with E-state index in [0.717, 1.165) is 43.5 Å². The molecule has 4 rings (SSSR count). The highest BCUT2D eigenvalue weighted by Crippen LogP contribution is 2.51. The second-order valence-corrected chi connectivity index (χ2v) is 9.66. The van der Waals surface area contributed by atoms with Crippen molar-refractivity contribution < 1.29 is 27.4 Å². The van der Waals surface area contributed by atoms with Gasteiger partial charge in [0.2, 0.25) is 0 Å². The lowest BCUT2D eigenvalue weighted by atomic mass is 9.62. The maximum absolute atomic E-state index is 14.4. The van der Waals surface area contributed by atoms with E-state index in [9.17, 15) is 18.0 Å². The average molecular weight is 491 g/mol. The number of nitrogens with one attached hydrogen (secondary N) is 1. The van der Waals surface area contributed by atoms with E-state index in [1.165, 1.54) is 29.2 Å². The van der Waals surface area contributed by atoms with Gasteiger partial charge in [-0.15, -0.1) is 0 Å². The number of methoxy groups -OCH3 is 2. The van der Waals surface area contributed by atoms with E-state index in [0.29, 0.717) is 12.8 Å². The van der Waals surface area contributed by atoms with Crippen LogP contribution in [0, 0.1) is 12.3 Å². The van der Waals surface area contributed by atoms with E-state index in [-0.39, 0.29) is 30.0 Å². The predicted octanol–water partition coefficient (Wildman–Crippen LogP) is 4.79. The van der Waals surface area contributed by atoms with Crippen molar-refractivity contribution >= 4 is 5.91 Å². The van der Waals surface area contributed by atoms with E-state index in [1.807, 2.05) is 19.1 Å². The Morgan fingerprint density at radius 1 is 1.06 bits per heavy atom. The molecule has 2 heterocycles. The molecule has 1 N–H and O–H groups in total. The molecule has 1 spiro atoms. The Morgan fingerprint density at radius 2 is 1.74 bits per heavy atom. The van der Waals surface area contributed by atoms with E-state index in [1.54, 1.807) is 13.2 Å². The van der Waals surface area contributed by atoms with Crippen LogP contribution in [0.5, 0.6) is 5.75 Å². The smallest absolute Gasteiger partial charge is 0.430 e. The molecule has 2 aromatic rings. The molecule has 0 aliphatic carbocycles. The zero-order chi connectivity index (χ0) is 25.3. The molecule has 190 valence electrons. The van der Waals surface area contributed by atoms with Gasteiger partial charge in [-0.25, -0.2) is 0 Å². The summed E-state index contributed by atoms with van der Waals surface area (Å²) in [6.45, 7) is 4.14. The molecule has 0 aromatic heterocycles. The third-order valence-corrected chi connectivity index (χ3v) is 7.88. The van der Waals surface area contributed by atoms with Crippen LogP contribution in [-0.2, 0) is 15.1 Å². The lowest BCUT2D eigenvalue weighted by molar-refractivity contribution is -0.271. The maximum atomic E-state index is 14.4. The first kappa shape index (κ1) is 25.5. The van der Waals surface area contributed by atoms with Gasteiger partial charge in [0.05, 0.1) is 7.11 Å². The second-order valence-electron chi connectivity index (χ2n) is 9.66. The topological polar surface area (TPSA) is 50.8 Å². The van der Waals surface area contributed by atoms with Gasteiger partial charge in [0.25, 0.3) is 11.5 Å². The van der Waals surface area contributed by atoms with E-state index >= 15 is 0 Å². The number of hydrogen-bond acceptors (Lipinski definition) is 4. The lowest BCUT2D eigenvalue weighted by Crippen LogP contribution is -2.59. The number of piperidine rings is 2. The molecular weight excluding hydrogens is 457 g/mol. The minimum Gasteiger partial charge on any atom is -0.496 e. The van der Waals surface area contributed by atoms with Crippen LogP contribution in [0.25, 0.3) is 0 Å². The number of ether oxygens (including phenoxy) is 2. The van der Waals surface area contributed by atoms with Crippen molar-refractivity contribution in [2.75, 3.05) is 40.4 Å². The van der Waals surface area contributed by atoms with Gasteiger partial charge >= 0.3 is 6.18 Å². The molecule has 8 heteroatoms. The van der Waals surface area contributed by atoms with Gasteiger partial charge in [0.1, 0.15) is 5.75 Å². The summed E-state index contributed by atoms with van der Waals surface area (Å²) in [5.74, 6) is -0.0822. The lowest BCUT2D eigenvalue weighted by Gasteiger charge is -2.51. The Bertz CT molecular complexity index is 1040. The molecule has 2 saturated heterocycles. The predicted molar refractivity (Wildman–Crippen MR) is 127 cm³/mol. The summed E-state index contributed by atoms with van der Waals surface area (Å²) in [7, 11) is 2.61. The number of benzene rings is 2. The molecule has 1 amide bonds. The first-order chi connectivity index (χ1) is 16.7. The van der Waals surface area contributed by atoms with Crippen molar-refractivity contribution in [3.63, 3.8) is 0 Å². The summed E-state index contributed by atoms with van der Waals surface area (Å²) in [4.78, 5) is 14.8. The van der Waals surface area contributed by atoms with Crippen LogP contribution in [0.3, 0.4) is 0 Å². The number of aryl methyl sites for hydroxylation is 1. The molecule has 2 aliphatic heterocycles. The van der Waals surface area contributed by atoms with Crippen molar-refractivity contribution in [1.82, 2.24) is 10.2 Å². The Labute approximate surface area is 204 Å². The molecule has 2 aromatic carbocycles. The molecule has 0 saturated carbocycles. The van der Waals surface area contributed by atoms with Crippen molar-refractivity contribution in [2.24, 2.45) is 5.41 Å². The van der Waals surface area contributed by atoms with Crippen molar-refractivity contribution in [1.29, 1.82) is 0 Å². The fraction of sp³-hybridized carbons (Fsp3) is 0.519. The number of alkyl halides is 3. The number of carbonyl (C=O) groups excluding carboxylic acids is 1. The Morgan fingerprint density at radius 3 is 2.34 bits per heavy atom. The first-order valence-corrected chi connectivity index (χ1v) is 12.0. The van der Waals surface area contributed by atoms with Gasteiger partial charge in [0, 0.05) is 38.2 Å². The molecule has 35 heavy (non-hydrogen) atoms. The SMILES string of the molecule is COc1ccc(C)cc1[C@@H]1CNCCC12CCN(C(=O)[C@](OC)(c1ccccc1)C(F)(F)F)CC2. The Balaban J connectivity index is 1.62. The summed E-state index contributed by atoms with van der Waals surface area (Å²) in [5.41, 5.74) is -1.10. The Hall–Kier alpha value is -2.58. The van der Waals surface area contributed by atoms with Crippen LogP contribution in [0.2, 0.25) is 0 Å².